The molecule has 1 aliphatic rings. The van der Waals surface area contributed by atoms with Gasteiger partial charge in [-0.3, -0.25) is 4.79 Å². The SMILES string of the molecule is CN(C(=O)c1ccc(Cl)o1)C1CCCCC1O. The van der Waals surface area contributed by atoms with Gasteiger partial charge in [0, 0.05) is 7.05 Å². The summed E-state index contributed by atoms with van der Waals surface area (Å²) in [5, 5.41) is 10.1. The molecule has 17 heavy (non-hydrogen) atoms. The van der Waals surface area contributed by atoms with Crippen LogP contribution in [0, 0.1) is 0 Å². The second kappa shape index (κ2) is 5.10. The molecule has 0 aromatic carbocycles. The number of carbonyl (C=O) groups excluding carboxylic acids is 1. The van der Waals surface area contributed by atoms with Gasteiger partial charge in [0.15, 0.2) is 11.0 Å². The van der Waals surface area contributed by atoms with Crippen LogP contribution >= 0.6 is 11.6 Å². The molecule has 1 saturated carbocycles. The van der Waals surface area contributed by atoms with Gasteiger partial charge in [0.25, 0.3) is 5.91 Å². The van der Waals surface area contributed by atoms with E-state index in [1.54, 1.807) is 24.1 Å². The zero-order chi connectivity index (χ0) is 12.4. The monoisotopic (exact) mass is 257 g/mol. The lowest BCUT2D eigenvalue weighted by atomic mass is 9.91. The number of hydrogen-bond acceptors (Lipinski definition) is 3. The van der Waals surface area contributed by atoms with E-state index in [0.717, 1.165) is 25.7 Å². The molecule has 0 saturated heterocycles. The van der Waals surface area contributed by atoms with E-state index in [-0.39, 0.29) is 22.9 Å². The minimum absolute atomic E-state index is 0.125. The van der Waals surface area contributed by atoms with Crippen LogP contribution in [0.5, 0.6) is 0 Å². The van der Waals surface area contributed by atoms with Crippen molar-refractivity contribution >= 4 is 17.5 Å². The lowest BCUT2D eigenvalue weighted by Crippen LogP contribution is -2.46. The minimum Gasteiger partial charge on any atom is -0.440 e. The van der Waals surface area contributed by atoms with Gasteiger partial charge in [0.1, 0.15) is 0 Å². The van der Waals surface area contributed by atoms with Crippen molar-refractivity contribution in [3.05, 3.63) is 23.1 Å². The highest BCUT2D eigenvalue weighted by atomic mass is 35.5. The van der Waals surface area contributed by atoms with Gasteiger partial charge < -0.3 is 14.4 Å². The lowest BCUT2D eigenvalue weighted by Gasteiger charge is -2.34. The van der Waals surface area contributed by atoms with Crippen molar-refractivity contribution in [2.24, 2.45) is 0 Å². The van der Waals surface area contributed by atoms with Crippen molar-refractivity contribution in [1.29, 1.82) is 0 Å². The van der Waals surface area contributed by atoms with Gasteiger partial charge in [-0.2, -0.15) is 0 Å². The molecule has 94 valence electrons. The molecule has 1 fully saturated rings. The average molecular weight is 258 g/mol. The van der Waals surface area contributed by atoms with Crippen LogP contribution < -0.4 is 0 Å². The molecule has 2 atom stereocenters. The molecule has 4 nitrogen and oxygen atoms in total. The minimum atomic E-state index is -0.442. The third-order valence-electron chi connectivity index (χ3n) is 3.30. The van der Waals surface area contributed by atoms with Crippen molar-refractivity contribution < 1.29 is 14.3 Å². The van der Waals surface area contributed by atoms with Crippen LogP contribution in [0.3, 0.4) is 0 Å². The summed E-state index contributed by atoms with van der Waals surface area (Å²) in [6.45, 7) is 0. The van der Waals surface area contributed by atoms with Crippen molar-refractivity contribution in [1.82, 2.24) is 4.90 Å². The van der Waals surface area contributed by atoms with E-state index in [1.165, 1.54) is 0 Å². The third-order valence-corrected chi connectivity index (χ3v) is 3.50. The fourth-order valence-electron chi connectivity index (χ4n) is 2.30. The highest BCUT2D eigenvalue weighted by molar-refractivity contribution is 6.29. The molecular weight excluding hydrogens is 242 g/mol. The first kappa shape index (κ1) is 12.5. The Morgan fingerprint density at radius 2 is 2.18 bits per heavy atom. The van der Waals surface area contributed by atoms with Crippen molar-refractivity contribution in [2.45, 2.75) is 37.8 Å². The molecule has 0 spiro atoms. The molecule has 2 unspecified atom stereocenters. The molecular formula is C12H16ClNO3. The highest BCUT2D eigenvalue weighted by Crippen LogP contribution is 2.24. The summed E-state index contributed by atoms with van der Waals surface area (Å²) in [4.78, 5) is 13.6. The van der Waals surface area contributed by atoms with Crippen LogP contribution in [0.4, 0.5) is 0 Å². The Balaban J connectivity index is 2.08. The summed E-state index contributed by atoms with van der Waals surface area (Å²) in [5.41, 5.74) is 0. The number of hydrogen-bond donors (Lipinski definition) is 1. The summed E-state index contributed by atoms with van der Waals surface area (Å²) >= 11 is 5.64. The third kappa shape index (κ3) is 2.64. The predicted octanol–water partition coefficient (Wildman–Crippen LogP) is 2.31. The smallest absolute Gasteiger partial charge is 0.289 e. The lowest BCUT2D eigenvalue weighted by molar-refractivity contribution is 0.0250. The molecule has 0 radical (unpaired) electrons. The number of aliphatic hydroxyl groups is 1. The van der Waals surface area contributed by atoms with Gasteiger partial charge in [-0.1, -0.05) is 12.8 Å². The van der Waals surface area contributed by atoms with E-state index in [2.05, 4.69) is 0 Å². The first-order valence-corrected chi connectivity index (χ1v) is 6.18. The summed E-state index contributed by atoms with van der Waals surface area (Å²) in [7, 11) is 1.69. The summed E-state index contributed by atoms with van der Waals surface area (Å²) in [5.74, 6) is -0.0156. The number of nitrogens with zero attached hydrogens (tertiary/aromatic N) is 1. The Labute approximate surface area is 105 Å². The summed E-state index contributed by atoms with van der Waals surface area (Å²) in [6.07, 6.45) is 3.20. The van der Waals surface area contributed by atoms with Gasteiger partial charge in [-0.05, 0) is 36.6 Å². The Morgan fingerprint density at radius 1 is 1.47 bits per heavy atom. The van der Waals surface area contributed by atoms with Crippen LogP contribution in [0.15, 0.2) is 16.5 Å². The molecule has 1 heterocycles. The fraction of sp³-hybridized carbons (Fsp3) is 0.583. The Kier molecular flexibility index (Phi) is 3.74. The van der Waals surface area contributed by atoms with E-state index >= 15 is 0 Å². The molecule has 2 rings (SSSR count). The summed E-state index contributed by atoms with van der Waals surface area (Å²) in [6, 6.07) is 2.97. The van der Waals surface area contributed by atoms with Gasteiger partial charge in [0.05, 0.1) is 12.1 Å². The van der Waals surface area contributed by atoms with Gasteiger partial charge in [-0.15, -0.1) is 0 Å². The maximum Gasteiger partial charge on any atom is 0.289 e. The number of aliphatic hydroxyl groups excluding tert-OH is 1. The zero-order valence-electron chi connectivity index (χ0n) is 9.73. The first-order chi connectivity index (χ1) is 8.09. The van der Waals surface area contributed by atoms with Crippen molar-refractivity contribution in [3.8, 4) is 0 Å². The number of halogens is 1. The van der Waals surface area contributed by atoms with Crippen LogP contribution in [0.2, 0.25) is 5.22 Å². The largest absolute Gasteiger partial charge is 0.440 e. The predicted molar refractivity (Wildman–Crippen MR) is 64.1 cm³/mol. The van der Waals surface area contributed by atoms with Crippen LogP contribution in [-0.4, -0.2) is 35.1 Å². The highest BCUT2D eigenvalue weighted by Gasteiger charge is 2.30. The maximum absolute atomic E-state index is 12.1. The molecule has 1 aromatic rings. The zero-order valence-corrected chi connectivity index (χ0v) is 10.5. The number of likely N-dealkylation sites (N-methyl/N-ethyl adjacent to an activating group) is 1. The molecule has 5 heteroatoms. The molecule has 1 N–H and O–H groups in total. The van der Waals surface area contributed by atoms with E-state index in [0.29, 0.717) is 0 Å². The van der Waals surface area contributed by atoms with Gasteiger partial charge in [0.2, 0.25) is 0 Å². The maximum atomic E-state index is 12.1. The molecule has 1 amide bonds. The molecule has 1 aromatic heterocycles. The van der Waals surface area contributed by atoms with Crippen LogP contribution in [0.25, 0.3) is 0 Å². The van der Waals surface area contributed by atoms with Crippen LogP contribution in [0.1, 0.15) is 36.2 Å². The van der Waals surface area contributed by atoms with Gasteiger partial charge in [-0.25, -0.2) is 0 Å². The normalized spacial score (nSPS) is 24.6. The summed E-state index contributed by atoms with van der Waals surface area (Å²) < 4.78 is 5.09. The number of rotatable bonds is 2. The van der Waals surface area contributed by atoms with E-state index in [1.807, 2.05) is 0 Å². The van der Waals surface area contributed by atoms with E-state index in [4.69, 9.17) is 16.0 Å². The first-order valence-electron chi connectivity index (χ1n) is 5.80. The number of carbonyl (C=O) groups is 1. The Bertz CT molecular complexity index is 404. The standard InChI is InChI=1S/C12H16ClNO3/c1-14(8-4-2-3-5-9(8)15)12(16)10-6-7-11(13)17-10/h6-9,15H,2-5H2,1H3. The Morgan fingerprint density at radius 3 is 2.76 bits per heavy atom. The molecule has 0 aliphatic heterocycles. The molecule has 1 aliphatic carbocycles. The second-order valence-electron chi connectivity index (χ2n) is 4.44. The van der Waals surface area contributed by atoms with Crippen LogP contribution in [-0.2, 0) is 0 Å². The Hall–Kier alpha value is -1.00. The average Bonchev–Trinajstić information content (AvgIpc) is 2.75. The number of furan rings is 1. The van der Waals surface area contributed by atoms with Crippen molar-refractivity contribution in [3.63, 3.8) is 0 Å². The van der Waals surface area contributed by atoms with Gasteiger partial charge >= 0.3 is 0 Å². The molecule has 0 bridgehead atoms. The van der Waals surface area contributed by atoms with Crippen molar-refractivity contribution in [2.75, 3.05) is 7.05 Å². The fourth-order valence-corrected chi connectivity index (χ4v) is 2.44. The topological polar surface area (TPSA) is 53.7 Å². The quantitative estimate of drug-likeness (QED) is 0.885. The second-order valence-corrected chi connectivity index (χ2v) is 4.81. The van der Waals surface area contributed by atoms with E-state index < -0.39 is 6.10 Å². The number of amides is 1. The van der Waals surface area contributed by atoms with E-state index in [9.17, 15) is 9.90 Å².